The molecule has 0 fully saturated rings. The highest BCUT2D eigenvalue weighted by Crippen LogP contribution is 2.33. The van der Waals surface area contributed by atoms with Gasteiger partial charge in [0.05, 0.1) is 0 Å². The fraction of sp³-hybridized carbons (Fsp3) is 0.417. The number of aliphatic carboxylic acids is 1. The zero-order valence-electron chi connectivity index (χ0n) is 9.21. The molecule has 0 aliphatic heterocycles. The van der Waals surface area contributed by atoms with Crippen LogP contribution in [-0.4, -0.2) is 11.1 Å². The highest BCUT2D eigenvalue weighted by molar-refractivity contribution is 5.68. The minimum atomic E-state index is -3.31. The van der Waals surface area contributed by atoms with Crippen molar-refractivity contribution in [2.75, 3.05) is 0 Å². The van der Waals surface area contributed by atoms with Gasteiger partial charge >= 0.3 is 5.97 Å². The molecule has 0 spiro atoms. The van der Waals surface area contributed by atoms with Crippen LogP contribution in [0.1, 0.15) is 37.3 Å². The number of hydrogen-bond donors (Lipinski definition) is 1. The number of hydrogen-bond acceptors (Lipinski definition) is 1. The molecular weight excluding hydrogens is 214 g/mol. The number of rotatable bonds is 4. The first-order valence-electron chi connectivity index (χ1n) is 5.03. The third kappa shape index (κ3) is 3.02. The van der Waals surface area contributed by atoms with Gasteiger partial charge in [0, 0.05) is 5.56 Å². The van der Waals surface area contributed by atoms with Crippen molar-refractivity contribution in [2.24, 2.45) is 0 Å². The molecule has 4 heteroatoms. The lowest BCUT2D eigenvalue weighted by molar-refractivity contribution is -0.145. The van der Waals surface area contributed by atoms with E-state index in [0.29, 0.717) is 0 Å². The van der Waals surface area contributed by atoms with Gasteiger partial charge < -0.3 is 5.11 Å². The van der Waals surface area contributed by atoms with Gasteiger partial charge in [-0.3, -0.25) is 4.79 Å². The largest absolute Gasteiger partial charge is 0.481 e. The van der Waals surface area contributed by atoms with Gasteiger partial charge in [0.2, 0.25) is 0 Å². The highest BCUT2D eigenvalue weighted by atomic mass is 19.3. The quantitative estimate of drug-likeness (QED) is 0.857. The van der Waals surface area contributed by atoms with Crippen LogP contribution in [-0.2, 0) is 10.7 Å². The molecule has 88 valence electrons. The van der Waals surface area contributed by atoms with Crippen molar-refractivity contribution in [1.29, 1.82) is 0 Å². The van der Waals surface area contributed by atoms with Gasteiger partial charge in [-0.1, -0.05) is 32.0 Å². The normalized spacial score (nSPS) is 11.8. The minimum absolute atomic E-state index is 0.139. The molecule has 0 saturated carbocycles. The van der Waals surface area contributed by atoms with Crippen molar-refractivity contribution in [2.45, 2.75) is 32.1 Å². The molecule has 0 aliphatic rings. The molecule has 2 nitrogen and oxygen atoms in total. The average Bonchev–Trinajstić information content (AvgIpc) is 2.16. The summed E-state index contributed by atoms with van der Waals surface area (Å²) in [5.74, 6) is -4.67. The molecule has 16 heavy (non-hydrogen) atoms. The molecule has 1 N–H and O–H groups in total. The summed E-state index contributed by atoms with van der Waals surface area (Å²) in [6.07, 6.45) is -1.17. The Kier molecular flexibility index (Phi) is 3.62. The maximum Gasteiger partial charge on any atom is 0.309 e. The molecule has 0 aromatic heterocycles. The average molecular weight is 228 g/mol. The number of carboxylic acid groups (broad SMARTS) is 1. The zero-order chi connectivity index (χ0) is 12.3. The topological polar surface area (TPSA) is 37.3 Å². The van der Waals surface area contributed by atoms with Crippen LogP contribution in [0.4, 0.5) is 8.78 Å². The Morgan fingerprint density at radius 3 is 2.56 bits per heavy atom. The van der Waals surface area contributed by atoms with Crippen LogP contribution in [0.25, 0.3) is 0 Å². The van der Waals surface area contributed by atoms with E-state index >= 15 is 0 Å². The van der Waals surface area contributed by atoms with Crippen molar-refractivity contribution < 1.29 is 18.7 Å². The van der Waals surface area contributed by atoms with E-state index in [-0.39, 0.29) is 11.5 Å². The SMILES string of the molecule is CC(C)c1cccc(C(F)(F)CC(=O)O)c1. The Bertz CT molecular complexity index is 386. The van der Waals surface area contributed by atoms with Crippen molar-refractivity contribution in [3.05, 3.63) is 35.4 Å². The Labute approximate surface area is 92.9 Å². The molecule has 0 amide bonds. The lowest BCUT2D eigenvalue weighted by Gasteiger charge is -2.16. The Hall–Kier alpha value is -1.45. The van der Waals surface area contributed by atoms with Gasteiger partial charge in [-0.2, -0.15) is 0 Å². The number of halogens is 2. The summed E-state index contributed by atoms with van der Waals surface area (Å²) in [6, 6.07) is 5.91. The lowest BCUT2D eigenvalue weighted by atomic mass is 9.97. The van der Waals surface area contributed by atoms with E-state index in [1.165, 1.54) is 18.2 Å². The fourth-order valence-corrected chi connectivity index (χ4v) is 1.42. The Morgan fingerprint density at radius 1 is 1.44 bits per heavy atom. The maximum absolute atomic E-state index is 13.5. The fourth-order valence-electron chi connectivity index (χ4n) is 1.42. The lowest BCUT2D eigenvalue weighted by Crippen LogP contribution is -2.18. The second-order valence-corrected chi connectivity index (χ2v) is 4.06. The predicted octanol–water partition coefficient (Wildman–Crippen LogP) is 3.38. The van der Waals surface area contributed by atoms with E-state index in [2.05, 4.69) is 0 Å². The monoisotopic (exact) mass is 228 g/mol. The number of alkyl halides is 2. The summed E-state index contributed by atoms with van der Waals surface area (Å²) < 4.78 is 26.9. The first-order chi connectivity index (χ1) is 7.33. The van der Waals surface area contributed by atoms with Gasteiger partial charge in [0.1, 0.15) is 6.42 Å². The maximum atomic E-state index is 13.5. The molecule has 0 bridgehead atoms. The minimum Gasteiger partial charge on any atom is -0.481 e. The molecular formula is C12H14F2O2. The first kappa shape index (κ1) is 12.6. The molecule has 1 aromatic carbocycles. The predicted molar refractivity (Wildman–Crippen MR) is 56.7 cm³/mol. The Morgan fingerprint density at radius 2 is 2.06 bits per heavy atom. The molecule has 0 atom stereocenters. The van der Waals surface area contributed by atoms with Crippen molar-refractivity contribution in [3.63, 3.8) is 0 Å². The van der Waals surface area contributed by atoms with Crippen molar-refractivity contribution in [1.82, 2.24) is 0 Å². The van der Waals surface area contributed by atoms with Crippen LogP contribution >= 0.6 is 0 Å². The summed E-state index contributed by atoms with van der Waals surface area (Å²) in [5, 5.41) is 8.41. The molecule has 0 heterocycles. The first-order valence-corrected chi connectivity index (χ1v) is 5.03. The highest BCUT2D eigenvalue weighted by Gasteiger charge is 2.34. The Balaban J connectivity index is 3.03. The van der Waals surface area contributed by atoms with Crippen LogP contribution in [0.15, 0.2) is 24.3 Å². The van der Waals surface area contributed by atoms with E-state index in [9.17, 15) is 13.6 Å². The number of benzene rings is 1. The van der Waals surface area contributed by atoms with Crippen LogP contribution in [0, 0.1) is 0 Å². The van der Waals surface area contributed by atoms with Crippen LogP contribution < -0.4 is 0 Å². The van der Waals surface area contributed by atoms with Crippen molar-refractivity contribution in [3.8, 4) is 0 Å². The molecule has 0 unspecified atom stereocenters. The summed E-state index contributed by atoms with van der Waals surface area (Å²) in [5.41, 5.74) is 0.545. The summed E-state index contributed by atoms with van der Waals surface area (Å²) in [7, 11) is 0. The smallest absolute Gasteiger partial charge is 0.309 e. The number of carboxylic acids is 1. The summed E-state index contributed by atoms with van der Waals surface area (Å²) >= 11 is 0. The van der Waals surface area contributed by atoms with E-state index in [1.807, 2.05) is 13.8 Å². The van der Waals surface area contributed by atoms with Gasteiger partial charge in [-0.05, 0) is 17.5 Å². The molecule has 0 radical (unpaired) electrons. The standard InChI is InChI=1S/C12H14F2O2/c1-8(2)9-4-3-5-10(6-9)12(13,14)7-11(15)16/h3-6,8H,7H2,1-2H3,(H,15,16). The van der Waals surface area contributed by atoms with E-state index in [1.54, 1.807) is 6.07 Å². The van der Waals surface area contributed by atoms with Crippen LogP contribution in [0.2, 0.25) is 0 Å². The zero-order valence-corrected chi connectivity index (χ0v) is 9.21. The van der Waals surface area contributed by atoms with Gasteiger partial charge in [-0.25, -0.2) is 8.78 Å². The third-order valence-corrected chi connectivity index (χ3v) is 2.35. The molecule has 1 rings (SSSR count). The van der Waals surface area contributed by atoms with E-state index in [0.717, 1.165) is 5.56 Å². The van der Waals surface area contributed by atoms with E-state index in [4.69, 9.17) is 5.11 Å². The second-order valence-electron chi connectivity index (χ2n) is 4.06. The summed E-state index contributed by atoms with van der Waals surface area (Å²) in [4.78, 5) is 10.3. The van der Waals surface area contributed by atoms with Gasteiger partial charge in [-0.15, -0.1) is 0 Å². The molecule has 0 saturated heterocycles. The second kappa shape index (κ2) is 4.60. The third-order valence-electron chi connectivity index (χ3n) is 2.35. The molecule has 0 aliphatic carbocycles. The van der Waals surface area contributed by atoms with E-state index < -0.39 is 18.3 Å². The number of carbonyl (C=O) groups is 1. The van der Waals surface area contributed by atoms with Gasteiger partial charge in [0.15, 0.2) is 0 Å². The van der Waals surface area contributed by atoms with Crippen LogP contribution in [0.5, 0.6) is 0 Å². The van der Waals surface area contributed by atoms with Crippen molar-refractivity contribution >= 4 is 5.97 Å². The van der Waals surface area contributed by atoms with Gasteiger partial charge in [0.25, 0.3) is 5.92 Å². The molecule has 1 aromatic rings. The summed E-state index contributed by atoms with van der Waals surface area (Å²) in [6.45, 7) is 3.79. The van der Waals surface area contributed by atoms with Crippen LogP contribution in [0.3, 0.4) is 0 Å².